The summed E-state index contributed by atoms with van der Waals surface area (Å²) < 4.78 is 32.7. The zero-order valence-electron chi connectivity index (χ0n) is 33.1. The Morgan fingerprint density at radius 3 is 1.39 bits per heavy atom. The van der Waals surface area contributed by atoms with Crippen LogP contribution >= 0.6 is 7.82 Å². The normalized spacial score (nSPS) is 13.4. The van der Waals surface area contributed by atoms with Gasteiger partial charge in [0, 0.05) is 19.4 Å². The van der Waals surface area contributed by atoms with Gasteiger partial charge in [0.05, 0.1) is 13.2 Å². The highest BCUT2D eigenvalue weighted by Gasteiger charge is 2.26. The number of rotatable bonds is 40. The smallest absolute Gasteiger partial charge is 0.462 e. The molecule has 9 nitrogen and oxygen atoms in total. The van der Waals surface area contributed by atoms with Crippen LogP contribution in [0.1, 0.15) is 206 Å². The first kappa shape index (κ1) is 49.8. The Hall–Kier alpha value is -1.25. The number of ether oxygens (including phenoxy) is 2. The highest BCUT2D eigenvalue weighted by Crippen LogP contribution is 2.43. The molecule has 0 aromatic rings. The lowest BCUT2D eigenvalue weighted by molar-refractivity contribution is -0.161. The average Bonchev–Trinajstić information content (AvgIpc) is 3.11. The first-order valence-electron chi connectivity index (χ1n) is 21.2. The van der Waals surface area contributed by atoms with Crippen molar-refractivity contribution in [3.05, 3.63) is 12.2 Å². The second-order valence-corrected chi connectivity index (χ2v) is 15.7. The van der Waals surface area contributed by atoms with Crippen molar-refractivity contribution < 1.29 is 37.6 Å². The zero-order chi connectivity index (χ0) is 37.5. The minimum atomic E-state index is -4.37. The molecule has 3 N–H and O–H groups in total. The molecule has 0 fully saturated rings. The lowest BCUT2D eigenvalue weighted by Crippen LogP contribution is -2.29. The number of unbranched alkanes of at least 4 members (excludes halogenated alkanes) is 25. The molecule has 10 heteroatoms. The zero-order valence-corrected chi connectivity index (χ0v) is 34.0. The van der Waals surface area contributed by atoms with Crippen molar-refractivity contribution in [2.45, 2.75) is 213 Å². The summed E-state index contributed by atoms with van der Waals surface area (Å²) in [7, 11) is -4.37. The van der Waals surface area contributed by atoms with Crippen LogP contribution in [0.5, 0.6) is 0 Å². The molecular formula is C41H80NO8P. The standard InChI is InChI=1S/C41H80NO8P/c1-3-5-7-9-11-13-15-16-17-18-19-20-21-22-24-26-28-30-32-34-41(44)50-39(38-49-51(45,46)48-36-35-42)37-47-40(43)33-31-29-27-25-23-14-12-10-8-6-4-2/h16-17,39H,3-15,18-38,42H2,1-2H3,(H,45,46)/t39-/m1/s1. The number of hydrogen-bond acceptors (Lipinski definition) is 8. The number of nitrogens with two attached hydrogens (primary N) is 1. The van der Waals surface area contributed by atoms with Gasteiger partial charge in [0.2, 0.25) is 0 Å². The van der Waals surface area contributed by atoms with E-state index in [2.05, 4.69) is 26.0 Å². The molecule has 0 amide bonds. The predicted octanol–water partition coefficient (Wildman–Crippen LogP) is 11.8. The molecule has 0 saturated heterocycles. The molecular weight excluding hydrogens is 665 g/mol. The molecule has 0 aromatic heterocycles. The molecule has 302 valence electrons. The average molecular weight is 746 g/mol. The van der Waals surface area contributed by atoms with Gasteiger partial charge in [0.1, 0.15) is 6.61 Å². The fourth-order valence-corrected chi connectivity index (χ4v) is 6.75. The van der Waals surface area contributed by atoms with Gasteiger partial charge in [-0.1, -0.05) is 167 Å². The van der Waals surface area contributed by atoms with Crippen LogP contribution in [-0.4, -0.2) is 49.3 Å². The molecule has 0 radical (unpaired) electrons. The first-order valence-corrected chi connectivity index (χ1v) is 22.7. The van der Waals surface area contributed by atoms with Crippen LogP contribution in [-0.2, 0) is 32.7 Å². The van der Waals surface area contributed by atoms with E-state index in [9.17, 15) is 19.0 Å². The first-order chi connectivity index (χ1) is 24.8. The Morgan fingerprint density at radius 2 is 0.961 bits per heavy atom. The van der Waals surface area contributed by atoms with Crippen LogP contribution < -0.4 is 5.73 Å². The monoisotopic (exact) mass is 746 g/mol. The van der Waals surface area contributed by atoms with Crippen molar-refractivity contribution in [1.82, 2.24) is 0 Å². The third-order valence-corrected chi connectivity index (χ3v) is 10.1. The molecule has 0 rings (SSSR count). The maximum atomic E-state index is 12.6. The fourth-order valence-electron chi connectivity index (χ4n) is 5.98. The SMILES string of the molecule is CCCCCCCCC=CCCCCCCCCCCCC(=O)O[C@H](COC(=O)CCCCCCCCCCCCC)COP(=O)(O)OCCN. The van der Waals surface area contributed by atoms with Crippen LogP contribution in [0.3, 0.4) is 0 Å². The maximum Gasteiger partial charge on any atom is 0.472 e. The van der Waals surface area contributed by atoms with E-state index in [4.69, 9.17) is 24.3 Å². The molecule has 0 aliphatic rings. The van der Waals surface area contributed by atoms with Gasteiger partial charge >= 0.3 is 19.8 Å². The summed E-state index contributed by atoms with van der Waals surface area (Å²) >= 11 is 0. The van der Waals surface area contributed by atoms with E-state index in [1.54, 1.807) is 0 Å². The molecule has 0 aliphatic heterocycles. The van der Waals surface area contributed by atoms with Gasteiger partial charge in [0.15, 0.2) is 6.10 Å². The summed E-state index contributed by atoms with van der Waals surface area (Å²) in [6.07, 6.45) is 38.1. The van der Waals surface area contributed by atoms with Crippen molar-refractivity contribution in [3.63, 3.8) is 0 Å². The summed E-state index contributed by atoms with van der Waals surface area (Å²) in [5.74, 6) is -0.823. The number of carbonyl (C=O) groups is 2. The predicted molar refractivity (Wildman–Crippen MR) is 211 cm³/mol. The van der Waals surface area contributed by atoms with E-state index in [1.165, 1.54) is 135 Å². The fraction of sp³-hybridized carbons (Fsp3) is 0.902. The van der Waals surface area contributed by atoms with E-state index in [0.717, 1.165) is 38.5 Å². The van der Waals surface area contributed by atoms with Crippen LogP contribution in [0.4, 0.5) is 0 Å². The van der Waals surface area contributed by atoms with E-state index in [0.29, 0.717) is 6.42 Å². The van der Waals surface area contributed by atoms with Crippen LogP contribution in [0.15, 0.2) is 12.2 Å². The van der Waals surface area contributed by atoms with Gasteiger partial charge in [-0.05, 0) is 38.5 Å². The van der Waals surface area contributed by atoms with Crippen molar-refractivity contribution in [2.24, 2.45) is 5.73 Å². The Labute approximate surface area is 313 Å². The second-order valence-electron chi connectivity index (χ2n) is 14.2. The number of phosphoric ester groups is 1. The molecule has 51 heavy (non-hydrogen) atoms. The summed E-state index contributed by atoms with van der Waals surface area (Å²) in [6.45, 7) is 3.73. The Morgan fingerprint density at radius 1 is 0.569 bits per heavy atom. The highest BCUT2D eigenvalue weighted by molar-refractivity contribution is 7.47. The van der Waals surface area contributed by atoms with Gasteiger partial charge in [-0.2, -0.15) is 0 Å². The molecule has 0 bridgehead atoms. The van der Waals surface area contributed by atoms with Crippen LogP contribution in [0, 0.1) is 0 Å². The van der Waals surface area contributed by atoms with Gasteiger partial charge < -0.3 is 20.1 Å². The number of allylic oxidation sites excluding steroid dienone is 2. The van der Waals surface area contributed by atoms with Crippen molar-refractivity contribution in [2.75, 3.05) is 26.4 Å². The molecule has 0 aliphatic carbocycles. The molecule has 0 aromatic carbocycles. The van der Waals surface area contributed by atoms with Gasteiger partial charge in [-0.15, -0.1) is 0 Å². The number of phosphoric acid groups is 1. The number of hydrogen-bond donors (Lipinski definition) is 2. The molecule has 0 heterocycles. The van der Waals surface area contributed by atoms with Crippen LogP contribution in [0.2, 0.25) is 0 Å². The minimum absolute atomic E-state index is 0.0558. The van der Waals surface area contributed by atoms with E-state index >= 15 is 0 Å². The molecule has 0 spiro atoms. The Balaban J connectivity index is 4.11. The molecule has 0 saturated carbocycles. The summed E-state index contributed by atoms with van der Waals surface area (Å²) in [5, 5.41) is 0. The Kier molecular flexibility index (Phi) is 37.5. The third-order valence-electron chi connectivity index (χ3n) is 9.15. The minimum Gasteiger partial charge on any atom is -0.462 e. The maximum absolute atomic E-state index is 12.6. The van der Waals surface area contributed by atoms with Gasteiger partial charge in [0.25, 0.3) is 0 Å². The highest BCUT2D eigenvalue weighted by atomic mass is 31.2. The van der Waals surface area contributed by atoms with E-state index in [-0.39, 0.29) is 38.6 Å². The summed E-state index contributed by atoms with van der Waals surface area (Å²) in [5.41, 5.74) is 5.34. The lowest BCUT2D eigenvalue weighted by atomic mass is 10.1. The van der Waals surface area contributed by atoms with E-state index < -0.39 is 26.5 Å². The Bertz CT molecular complexity index is 856. The third kappa shape index (κ3) is 38.3. The quantitative estimate of drug-likeness (QED) is 0.0272. The summed E-state index contributed by atoms with van der Waals surface area (Å²) in [6, 6.07) is 0. The lowest BCUT2D eigenvalue weighted by Gasteiger charge is -2.19. The van der Waals surface area contributed by atoms with Crippen molar-refractivity contribution >= 4 is 19.8 Å². The largest absolute Gasteiger partial charge is 0.472 e. The van der Waals surface area contributed by atoms with Crippen molar-refractivity contribution in [3.8, 4) is 0 Å². The molecule has 2 atom stereocenters. The van der Waals surface area contributed by atoms with E-state index in [1.807, 2.05) is 0 Å². The second kappa shape index (κ2) is 38.5. The van der Waals surface area contributed by atoms with Crippen molar-refractivity contribution in [1.29, 1.82) is 0 Å². The number of carbonyl (C=O) groups excluding carboxylic acids is 2. The summed E-state index contributed by atoms with van der Waals surface area (Å²) in [4.78, 5) is 34.8. The van der Waals surface area contributed by atoms with Crippen LogP contribution in [0.25, 0.3) is 0 Å². The van der Waals surface area contributed by atoms with Gasteiger partial charge in [-0.3, -0.25) is 18.6 Å². The number of esters is 2. The topological polar surface area (TPSA) is 134 Å². The molecule has 1 unspecified atom stereocenters. The van der Waals surface area contributed by atoms with Gasteiger partial charge in [-0.25, -0.2) is 4.57 Å².